The van der Waals surface area contributed by atoms with Gasteiger partial charge in [0.15, 0.2) is 0 Å². The highest BCUT2D eigenvalue weighted by Crippen LogP contribution is 2.23. The molecule has 1 aliphatic rings. The number of hydrogen-bond donors (Lipinski definition) is 1. The van der Waals surface area contributed by atoms with Crippen molar-refractivity contribution in [3.05, 3.63) is 0 Å². The second-order valence-corrected chi connectivity index (χ2v) is 7.17. The van der Waals surface area contributed by atoms with E-state index in [0.717, 1.165) is 0 Å². The SMILES string of the molecule is CC(C)COCCN1C(=O)C(CC(C)C)NC(=O)C1(C)C. The lowest BCUT2D eigenvalue weighted by Crippen LogP contribution is -2.68. The molecule has 1 atom stereocenters. The molecule has 1 N–H and O–H groups in total. The molecule has 0 saturated carbocycles. The Morgan fingerprint density at radius 2 is 1.81 bits per heavy atom. The molecule has 1 heterocycles. The number of hydrogen-bond acceptors (Lipinski definition) is 3. The number of rotatable bonds is 7. The third kappa shape index (κ3) is 4.70. The van der Waals surface area contributed by atoms with E-state index in [9.17, 15) is 9.59 Å². The van der Waals surface area contributed by atoms with Crippen LogP contribution in [0.1, 0.15) is 48.0 Å². The summed E-state index contributed by atoms with van der Waals surface area (Å²) >= 11 is 0. The summed E-state index contributed by atoms with van der Waals surface area (Å²) in [6, 6.07) is -0.407. The van der Waals surface area contributed by atoms with Gasteiger partial charge in [-0.25, -0.2) is 0 Å². The Kier molecular flexibility index (Phi) is 6.20. The predicted octanol–water partition coefficient (Wildman–Crippen LogP) is 1.81. The van der Waals surface area contributed by atoms with E-state index in [1.54, 1.807) is 18.7 Å². The zero-order valence-electron chi connectivity index (χ0n) is 14.2. The third-order valence-corrected chi connectivity index (χ3v) is 3.72. The number of amides is 2. The normalized spacial score (nSPS) is 22.1. The van der Waals surface area contributed by atoms with E-state index in [4.69, 9.17) is 4.74 Å². The first kappa shape index (κ1) is 18.0. The van der Waals surface area contributed by atoms with Gasteiger partial charge in [0, 0.05) is 13.2 Å². The van der Waals surface area contributed by atoms with Gasteiger partial charge in [0.1, 0.15) is 11.6 Å². The van der Waals surface area contributed by atoms with Crippen LogP contribution >= 0.6 is 0 Å². The van der Waals surface area contributed by atoms with Crippen molar-refractivity contribution < 1.29 is 14.3 Å². The van der Waals surface area contributed by atoms with E-state index in [0.29, 0.717) is 38.0 Å². The van der Waals surface area contributed by atoms with Crippen molar-refractivity contribution in [3.63, 3.8) is 0 Å². The van der Waals surface area contributed by atoms with Crippen LogP contribution in [-0.4, -0.2) is 48.1 Å². The molecule has 0 radical (unpaired) electrons. The van der Waals surface area contributed by atoms with Crippen molar-refractivity contribution in [2.24, 2.45) is 11.8 Å². The molecule has 5 nitrogen and oxygen atoms in total. The molecule has 5 heteroatoms. The van der Waals surface area contributed by atoms with E-state index in [2.05, 4.69) is 33.0 Å². The van der Waals surface area contributed by atoms with Crippen LogP contribution in [0.3, 0.4) is 0 Å². The topological polar surface area (TPSA) is 58.6 Å². The molecule has 1 aliphatic heterocycles. The molecule has 1 unspecified atom stereocenters. The van der Waals surface area contributed by atoms with Gasteiger partial charge in [-0.2, -0.15) is 0 Å². The lowest BCUT2D eigenvalue weighted by Gasteiger charge is -2.44. The number of carbonyl (C=O) groups is 2. The molecule has 0 aromatic rings. The summed E-state index contributed by atoms with van der Waals surface area (Å²) in [5.41, 5.74) is -0.814. The average molecular weight is 298 g/mol. The van der Waals surface area contributed by atoms with Gasteiger partial charge in [-0.05, 0) is 32.1 Å². The van der Waals surface area contributed by atoms with Gasteiger partial charge in [-0.3, -0.25) is 9.59 Å². The van der Waals surface area contributed by atoms with Gasteiger partial charge in [0.25, 0.3) is 0 Å². The van der Waals surface area contributed by atoms with Crippen molar-refractivity contribution in [2.45, 2.75) is 59.5 Å². The molecule has 0 aromatic heterocycles. The Bertz CT molecular complexity index is 378. The van der Waals surface area contributed by atoms with Crippen LogP contribution < -0.4 is 5.32 Å². The summed E-state index contributed by atoms with van der Waals surface area (Å²) in [7, 11) is 0. The fraction of sp³-hybridized carbons (Fsp3) is 0.875. The van der Waals surface area contributed by atoms with E-state index < -0.39 is 11.6 Å². The molecule has 122 valence electrons. The molecule has 0 bridgehead atoms. The maximum absolute atomic E-state index is 12.6. The number of nitrogens with zero attached hydrogens (tertiary/aromatic N) is 1. The van der Waals surface area contributed by atoms with Crippen LogP contribution in [0.4, 0.5) is 0 Å². The van der Waals surface area contributed by atoms with E-state index in [-0.39, 0.29) is 11.8 Å². The predicted molar refractivity (Wildman–Crippen MR) is 82.8 cm³/mol. The lowest BCUT2D eigenvalue weighted by molar-refractivity contribution is -0.156. The fourth-order valence-corrected chi connectivity index (χ4v) is 2.48. The molecule has 1 fully saturated rings. The monoisotopic (exact) mass is 298 g/mol. The Morgan fingerprint density at radius 3 is 2.33 bits per heavy atom. The second kappa shape index (κ2) is 7.25. The minimum Gasteiger partial charge on any atom is -0.379 e. The maximum atomic E-state index is 12.6. The van der Waals surface area contributed by atoms with Crippen LogP contribution in [0.2, 0.25) is 0 Å². The largest absolute Gasteiger partial charge is 0.379 e. The minimum atomic E-state index is -0.814. The smallest absolute Gasteiger partial charge is 0.246 e. The molecular formula is C16H30N2O3. The van der Waals surface area contributed by atoms with Crippen molar-refractivity contribution in [3.8, 4) is 0 Å². The Balaban J connectivity index is 2.70. The number of carbonyl (C=O) groups excluding carboxylic acids is 2. The summed E-state index contributed by atoms with van der Waals surface area (Å²) in [5, 5.41) is 2.86. The first-order valence-electron chi connectivity index (χ1n) is 7.86. The zero-order chi connectivity index (χ0) is 16.2. The van der Waals surface area contributed by atoms with Gasteiger partial charge in [-0.15, -0.1) is 0 Å². The van der Waals surface area contributed by atoms with Crippen LogP contribution in [-0.2, 0) is 14.3 Å². The Hall–Kier alpha value is -1.10. The van der Waals surface area contributed by atoms with Gasteiger partial charge in [-0.1, -0.05) is 27.7 Å². The van der Waals surface area contributed by atoms with Gasteiger partial charge >= 0.3 is 0 Å². The van der Waals surface area contributed by atoms with Crippen LogP contribution in [0, 0.1) is 11.8 Å². The summed E-state index contributed by atoms with van der Waals surface area (Å²) in [6.45, 7) is 13.4. The van der Waals surface area contributed by atoms with Crippen molar-refractivity contribution in [1.29, 1.82) is 0 Å². The molecule has 0 aromatic carbocycles. The Morgan fingerprint density at radius 1 is 1.19 bits per heavy atom. The lowest BCUT2D eigenvalue weighted by atomic mass is 9.92. The quantitative estimate of drug-likeness (QED) is 0.729. The summed E-state index contributed by atoms with van der Waals surface area (Å²) < 4.78 is 5.57. The highest BCUT2D eigenvalue weighted by Gasteiger charge is 2.45. The molecule has 0 spiro atoms. The minimum absolute atomic E-state index is 0.00134. The number of ether oxygens (including phenoxy) is 1. The zero-order valence-corrected chi connectivity index (χ0v) is 14.2. The van der Waals surface area contributed by atoms with Gasteiger partial charge in [0.05, 0.1) is 6.61 Å². The number of piperazine rings is 1. The molecule has 1 saturated heterocycles. The van der Waals surface area contributed by atoms with Gasteiger partial charge in [0.2, 0.25) is 11.8 Å². The Labute approximate surface area is 128 Å². The molecular weight excluding hydrogens is 268 g/mol. The molecule has 1 rings (SSSR count). The maximum Gasteiger partial charge on any atom is 0.246 e. The summed E-state index contributed by atoms with van der Waals surface area (Å²) in [4.78, 5) is 26.5. The van der Waals surface area contributed by atoms with Crippen LogP contribution in [0.25, 0.3) is 0 Å². The fourth-order valence-electron chi connectivity index (χ4n) is 2.48. The number of nitrogens with one attached hydrogen (secondary N) is 1. The first-order chi connectivity index (χ1) is 9.66. The van der Waals surface area contributed by atoms with Crippen molar-refractivity contribution >= 4 is 11.8 Å². The molecule has 0 aliphatic carbocycles. The second-order valence-electron chi connectivity index (χ2n) is 7.17. The van der Waals surface area contributed by atoms with Crippen molar-refractivity contribution in [2.75, 3.05) is 19.8 Å². The summed E-state index contributed by atoms with van der Waals surface area (Å²) in [6.07, 6.45) is 0.671. The highest BCUT2D eigenvalue weighted by molar-refractivity contribution is 5.99. The summed E-state index contributed by atoms with van der Waals surface area (Å²) in [5.74, 6) is 0.740. The highest BCUT2D eigenvalue weighted by atomic mass is 16.5. The average Bonchev–Trinajstić information content (AvgIpc) is 2.34. The molecule has 2 amide bonds. The van der Waals surface area contributed by atoms with Crippen LogP contribution in [0.15, 0.2) is 0 Å². The van der Waals surface area contributed by atoms with Crippen LogP contribution in [0.5, 0.6) is 0 Å². The third-order valence-electron chi connectivity index (χ3n) is 3.72. The van der Waals surface area contributed by atoms with Crippen molar-refractivity contribution in [1.82, 2.24) is 10.2 Å². The van der Waals surface area contributed by atoms with E-state index in [1.165, 1.54) is 0 Å². The molecule has 21 heavy (non-hydrogen) atoms. The first-order valence-corrected chi connectivity index (χ1v) is 7.86. The van der Waals surface area contributed by atoms with E-state index >= 15 is 0 Å². The standard InChI is InChI=1S/C16H30N2O3/c1-11(2)9-13-14(19)18(7-8-21-10-12(3)4)16(5,6)15(20)17-13/h11-13H,7-10H2,1-6H3,(H,17,20). The van der Waals surface area contributed by atoms with Gasteiger partial charge < -0.3 is 15.0 Å². The van der Waals surface area contributed by atoms with E-state index in [1.807, 2.05) is 0 Å².